The Bertz CT molecular complexity index is 374. The van der Waals surface area contributed by atoms with Crippen molar-refractivity contribution in [3.8, 4) is 0 Å². The standard InChI is InChI=1S/C8H6N2O3/c1-5(13)8-7(4-12)10-6(3-11)2-9-8/h2-4H,1H3. The fraction of sp³-hybridized carbons (Fsp3) is 0.125. The summed E-state index contributed by atoms with van der Waals surface area (Å²) in [6.45, 7) is 1.28. The Hall–Kier alpha value is -1.91. The van der Waals surface area contributed by atoms with Crippen LogP contribution in [0.5, 0.6) is 0 Å². The number of hydrogen-bond acceptors (Lipinski definition) is 5. The van der Waals surface area contributed by atoms with E-state index in [-0.39, 0.29) is 22.9 Å². The molecule has 0 N–H and O–H groups in total. The third kappa shape index (κ3) is 1.81. The smallest absolute Gasteiger partial charge is 0.180 e. The lowest BCUT2D eigenvalue weighted by Crippen LogP contribution is -2.07. The molecular weight excluding hydrogens is 172 g/mol. The SMILES string of the molecule is CC(=O)c1ncc(C=O)nc1C=O. The highest BCUT2D eigenvalue weighted by molar-refractivity contribution is 5.98. The highest BCUT2D eigenvalue weighted by Gasteiger charge is 2.10. The molecule has 0 saturated carbocycles. The predicted octanol–water partition coefficient (Wildman–Crippen LogP) is 0.304. The number of Topliss-reactive ketones (excluding diaryl/α,β-unsaturated/α-hetero) is 1. The molecule has 0 aromatic carbocycles. The molecule has 1 heterocycles. The van der Waals surface area contributed by atoms with Crippen LogP contribution >= 0.6 is 0 Å². The summed E-state index contributed by atoms with van der Waals surface area (Å²) in [7, 11) is 0. The predicted molar refractivity (Wildman–Crippen MR) is 42.8 cm³/mol. The van der Waals surface area contributed by atoms with Crippen molar-refractivity contribution in [1.29, 1.82) is 0 Å². The third-order valence-corrected chi connectivity index (χ3v) is 1.38. The number of carbonyl (C=O) groups is 3. The molecule has 0 unspecified atom stereocenters. The monoisotopic (exact) mass is 178 g/mol. The summed E-state index contributed by atoms with van der Waals surface area (Å²) in [6, 6.07) is 0. The van der Waals surface area contributed by atoms with Crippen LogP contribution in [0.2, 0.25) is 0 Å². The molecule has 66 valence electrons. The number of aldehydes is 2. The molecule has 5 nitrogen and oxygen atoms in total. The maximum absolute atomic E-state index is 10.9. The highest BCUT2D eigenvalue weighted by atomic mass is 16.1. The summed E-state index contributed by atoms with van der Waals surface area (Å²) >= 11 is 0. The molecule has 0 spiro atoms. The van der Waals surface area contributed by atoms with Crippen LogP contribution in [0.15, 0.2) is 6.20 Å². The second kappa shape index (κ2) is 3.66. The van der Waals surface area contributed by atoms with E-state index in [0.29, 0.717) is 12.6 Å². The Balaban J connectivity index is 3.31. The summed E-state index contributed by atoms with van der Waals surface area (Å²) in [6.07, 6.45) is 2.01. The van der Waals surface area contributed by atoms with Crippen molar-refractivity contribution in [2.24, 2.45) is 0 Å². The minimum atomic E-state index is -0.355. The van der Waals surface area contributed by atoms with Crippen LogP contribution in [-0.4, -0.2) is 28.3 Å². The van der Waals surface area contributed by atoms with E-state index in [2.05, 4.69) is 9.97 Å². The molecule has 13 heavy (non-hydrogen) atoms. The molecule has 5 heteroatoms. The Kier molecular flexibility index (Phi) is 2.59. The van der Waals surface area contributed by atoms with Gasteiger partial charge < -0.3 is 0 Å². The molecule has 0 aliphatic carbocycles. The minimum absolute atomic E-state index is 0.0133. The van der Waals surface area contributed by atoms with Gasteiger partial charge in [0.2, 0.25) is 0 Å². The van der Waals surface area contributed by atoms with Gasteiger partial charge in [0.1, 0.15) is 17.1 Å². The molecule has 1 aromatic heterocycles. The van der Waals surface area contributed by atoms with Crippen LogP contribution in [-0.2, 0) is 0 Å². The molecule has 0 aliphatic rings. The lowest BCUT2D eigenvalue weighted by molar-refractivity contribution is 0.0997. The first-order chi connectivity index (χ1) is 6.19. The first-order valence-electron chi connectivity index (χ1n) is 3.47. The first kappa shape index (κ1) is 9.18. The van der Waals surface area contributed by atoms with Crippen molar-refractivity contribution in [3.05, 3.63) is 23.3 Å². The maximum atomic E-state index is 10.9. The van der Waals surface area contributed by atoms with Crippen molar-refractivity contribution >= 4 is 18.4 Å². The molecule has 0 radical (unpaired) electrons. The van der Waals surface area contributed by atoms with Crippen molar-refractivity contribution in [2.75, 3.05) is 0 Å². The molecule has 1 rings (SSSR count). The number of nitrogens with zero attached hydrogens (tertiary/aromatic N) is 2. The number of rotatable bonds is 3. The van der Waals surface area contributed by atoms with Gasteiger partial charge in [0.05, 0.1) is 6.20 Å². The second-order valence-corrected chi connectivity index (χ2v) is 2.32. The summed E-state index contributed by atoms with van der Waals surface area (Å²) in [4.78, 5) is 38.8. The topological polar surface area (TPSA) is 77.0 Å². The van der Waals surface area contributed by atoms with E-state index in [9.17, 15) is 14.4 Å². The molecule has 0 fully saturated rings. The van der Waals surface area contributed by atoms with Gasteiger partial charge in [0.25, 0.3) is 0 Å². The van der Waals surface area contributed by atoms with Crippen LogP contribution in [0.3, 0.4) is 0 Å². The third-order valence-electron chi connectivity index (χ3n) is 1.38. The molecule has 0 bridgehead atoms. The molecule has 0 amide bonds. The number of aromatic nitrogens is 2. The van der Waals surface area contributed by atoms with Gasteiger partial charge in [-0.2, -0.15) is 0 Å². The lowest BCUT2D eigenvalue weighted by atomic mass is 10.2. The van der Waals surface area contributed by atoms with E-state index < -0.39 is 0 Å². The Morgan fingerprint density at radius 3 is 2.54 bits per heavy atom. The van der Waals surface area contributed by atoms with Gasteiger partial charge >= 0.3 is 0 Å². The second-order valence-electron chi connectivity index (χ2n) is 2.32. The zero-order valence-electron chi connectivity index (χ0n) is 6.85. The number of hydrogen-bond donors (Lipinski definition) is 0. The van der Waals surface area contributed by atoms with Crippen molar-refractivity contribution in [1.82, 2.24) is 9.97 Å². The van der Waals surface area contributed by atoms with Gasteiger partial charge in [0.15, 0.2) is 18.4 Å². The largest absolute Gasteiger partial charge is 0.296 e. The zero-order chi connectivity index (χ0) is 9.84. The van der Waals surface area contributed by atoms with Gasteiger partial charge in [-0.15, -0.1) is 0 Å². The Morgan fingerprint density at radius 1 is 1.38 bits per heavy atom. The molecule has 1 aromatic rings. The summed E-state index contributed by atoms with van der Waals surface area (Å²) < 4.78 is 0. The zero-order valence-corrected chi connectivity index (χ0v) is 6.85. The highest BCUT2D eigenvalue weighted by Crippen LogP contribution is 2.01. The maximum Gasteiger partial charge on any atom is 0.180 e. The minimum Gasteiger partial charge on any atom is -0.296 e. The van der Waals surface area contributed by atoms with Gasteiger partial charge in [0, 0.05) is 6.92 Å². The Morgan fingerprint density at radius 2 is 2.08 bits per heavy atom. The fourth-order valence-corrected chi connectivity index (χ4v) is 0.828. The average Bonchev–Trinajstić information content (AvgIpc) is 2.16. The van der Waals surface area contributed by atoms with Crippen LogP contribution < -0.4 is 0 Å². The number of ketones is 1. The first-order valence-corrected chi connectivity index (χ1v) is 3.47. The van der Waals surface area contributed by atoms with Gasteiger partial charge in [-0.25, -0.2) is 9.97 Å². The van der Waals surface area contributed by atoms with E-state index in [0.717, 1.165) is 6.20 Å². The quantitative estimate of drug-likeness (QED) is 0.491. The Labute approximate surface area is 73.8 Å². The fourth-order valence-electron chi connectivity index (χ4n) is 0.828. The molecule has 0 saturated heterocycles. The average molecular weight is 178 g/mol. The van der Waals surface area contributed by atoms with E-state index in [1.165, 1.54) is 6.92 Å². The lowest BCUT2D eigenvalue weighted by Gasteiger charge is -1.97. The molecular formula is C8H6N2O3. The van der Waals surface area contributed by atoms with Crippen LogP contribution in [0.25, 0.3) is 0 Å². The van der Waals surface area contributed by atoms with Gasteiger partial charge in [-0.1, -0.05) is 0 Å². The normalized spacial score (nSPS) is 9.31. The van der Waals surface area contributed by atoms with Gasteiger partial charge in [-0.3, -0.25) is 14.4 Å². The van der Waals surface area contributed by atoms with Crippen LogP contribution in [0, 0.1) is 0 Å². The van der Waals surface area contributed by atoms with E-state index in [1.807, 2.05) is 0 Å². The van der Waals surface area contributed by atoms with E-state index >= 15 is 0 Å². The van der Waals surface area contributed by atoms with Gasteiger partial charge in [-0.05, 0) is 0 Å². The van der Waals surface area contributed by atoms with Crippen LogP contribution in [0.4, 0.5) is 0 Å². The summed E-state index contributed by atoms with van der Waals surface area (Å²) in [5.74, 6) is -0.355. The van der Waals surface area contributed by atoms with E-state index in [1.54, 1.807) is 0 Å². The molecule has 0 aliphatic heterocycles. The number of carbonyl (C=O) groups excluding carboxylic acids is 3. The van der Waals surface area contributed by atoms with Crippen molar-refractivity contribution in [2.45, 2.75) is 6.92 Å². The summed E-state index contributed by atoms with van der Waals surface area (Å²) in [5, 5.41) is 0. The van der Waals surface area contributed by atoms with Crippen LogP contribution in [0.1, 0.15) is 38.4 Å². The van der Waals surface area contributed by atoms with Crippen molar-refractivity contribution in [3.63, 3.8) is 0 Å². The van der Waals surface area contributed by atoms with E-state index in [4.69, 9.17) is 0 Å². The molecule has 0 atom stereocenters. The van der Waals surface area contributed by atoms with Crippen molar-refractivity contribution < 1.29 is 14.4 Å². The summed E-state index contributed by atoms with van der Waals surface area (Å²) in [5.41, 5.74) is -0.0789.